The largest absolute Gasteiger partial charge is 0.376 e. The number of fused-ring (bicyclic) bond motifs is 1. The monoisotopic (exact) mass is 443 g/mol. The van der Waals surface area contributed by atoms with Crippen LogP contribution in [0.2, 0.25) is 0 Å². The first-order valence-electron chi connectivity index (χ1n) is 10.1. The van der Waals surface area contributed by atoms with Gasteiger partial charge in [0.15, 0.2) is 5.16 Å². The van der Waals surface area contributed by atoms with E-state index in [4.69, 9.17) is 4.74 Å². The highest BCUT2D eigenvalue weighted by atomic mass is 32.2. The summed E-state index contributed by atoms with van der Waals surface area (Å²) in [4.78, 5) is 30.1. The molecule has 4 rings (SSSR count). The van der Waals surface area contributed by atoms with Gasteiger partial charge in [-0.1, -0.05) is 30.0 Å². The molecule has 1 aliphatic rings. The van der Waals surface area contributed by atoms with E-state index < -0.39 is 0 Å². The highest BCUT2D eigenvalue weighted by Crippen LogP contribution is 2.22. The van der Waals surface area contributed by atoms with E-state index >= 15 is 0 Å². The Bertz CT molecular complexity index is 1120. The number of carbonyl (C=O) groups is 1. The summed E-state index contributed by atoms with van der Waals surface area (Å²) in [6.07, 6.45) is 2.14. The van der Waals surface area contributed by atoms with Gasteiger partial charge in [-0.25, -0.2) is 4.98 Å². The van der Waals surface area contributed by atoms with Crippen LogP contribution in [0.4, 0.5) is 0 Å². The SMILES string of the molecule is Cc1ccc(Cn2c(SCC(=O)NC[C@@H]3CCCO3)nc3ccsc3c2=O)cc1C. The van der Waals surface area contributed by atoms with Gasteiger partial charge in [0.05, 0.1) is 23.9 Å². The van der Waals surface area contributed by atoms with Crippen LogP contribution in [0.15, 0.2) is 39.6 Å². The maximum atomic E-state index is 13.1. The van der Waals surface area contributed by atoms with Crippen molar-refractivity contribution in [3.05, 3.63) is 56.7 Å². The number of hydrogen-bond donors (Lipinski definition) is 1. The molecule has 0 spiro atoms. The Balaban J connectivity index is 1.53. The van der Waals surface area contributed by atoms with Crippen molar-refractivity contribution in [2.45, 2.75) is 44.5 Å². The third-order valence-corrected chi connectivity index (χ3v) is 7.19. The van der Waals surface area contributed by atoms with Crippen molar-refractivity contribution in [1.29, 1.82) is 0 Å². The first kappa shape index (κ1) is 21.1. The zero-order chi connectivity index (χ0) is 21.1. The predicted molar refractivity (Wildman–Crippen MR) is 122 cm³/mol. The number of amides is 1. The quantitative estimate of drug-likeness (QED) is 0.447. The summed E-state index contributed by atoms with van der Waals surface area (Å²) in [5.74, 6) is 0.134. The van der Waals surface area contributed by atoms with Crippen molar-refractivity contribution in [1.82, 2.24) is 14.9 Å². The van der Waals surface area contributed by atoms with Gasteiger partial charge in [0, 0.05) is 13.2 Å². The third-order valence-electron chi connectivity index (χ3n) is 5.33. The molecular weight excluding hydrogens is 418 g/mol. The fourth-order valence-corrected chi connectivity index (χ4v) is 5.08. The zero-order valence-electron chi connectivity index (χ0n) is 17.1. The predicted octanol–water partition coefficient (Wildman–Crippen LogP) is 3.51. The van der Waals surface area contributed by atoms with Gasteiger partial charge in [-0.15, -0.1) is 11.3 Å². The van der Waals surface area contributed by atoms with Gasteiger partial charge in [0.25, 0.3) is 5.56 Å². The summed E-state index contributed by atoms with van der Waals surface area (Å²) in [5.41, 5.74) is 4.07. The molecule has 158 valence electrons. The van der Waals surface area contributed by atoms with Crippen LogP contribution < -0.4 is 10.9 Å². The molecule has 1 saturated heterocycles. The van der Waals surface area contributed by atoms with Crippen LogP contribution in [0.5, 0.6) is 0 Å². The smallest absolute Gasteiger partial charge is 0.272 e. The summed E-state index contributed by atoms with van der Waals surface area (Å²) in [6.45, 7) is 5.87. The molecule has 2 aromatic heterocycles. The Hall–Kier alpha value is -2.16. The number of ether oxygens (including phenoxy) is 1. The minimum atomic E-state index is -0.0760. The second-order valence-electron chi connectivity index (χ2n) is 7.57. The number of nitrogens with zero attached hydrogens (tertiary/aromatic N) is 2. The molecule has 6 nitrogen and oxygen atoms in total. The van der Waals surface area contributed by atoms with Crippen LogP contribution in [0, 0.1) is 13.8 Å². The van der Waals surface area contributed by atoms with Gasteiger partial charge in [-0.3, -0.25) is 14.2 Å². The molecule has 3 aromatic rings. The van der Waals surface area contributed by atoms with Crippen LogP contribution in [0.25, 0.3) is 10.2 Å². The van der Waals surface area contributed by atoms with E-state index in [1.165, 1.54) is 34.2 Å². The first-order chi connectivity index (χ1) is 14.5. The lowest BCUT2D eigenvalue weighted by atomic mass is 10.1. The highest BCUT2D eigenvalue weighted by molar-refractivity contribution is 7.99. The molecule has 1 aliphatic heterocycles. The van der Waals surface area contributed by atoms with Crippen molar-refractivity contribution in [2.75, 3.05) is 18.9 Å². The van der Waals surface area contributed by atoms with E-state index in [0.717, 1.165) is 25.0 Å². The first-order valence-corrected chi connectivity index (χ1v) is 11.9. The molecule has 30 heavy (non-hydrogen) atoms. The van der Waals surface area contributed by atoms with E-state index in [2.05, 4.69) is 36.3 Å². The van der Waals surface area contributed by atoms with E-state index in [9.17, 15) is 9.59 Å². The Morgan fingerprint density at radius 3 is 2.97 bits per heavy atom. The van der Waals surface area contributed by atoms with Crippen molar-refractivity contribution in [2.24, 2.45) is 0 Å². The fraction of sp³-hybridized carbons (Fsp3) is 0.409. The van der Waals surface area contributed by atoms with Crippen LogP contribution in [0.1, 0.15) is 29.5 Å². The second kappa shape index (κ2) is 9.32. The number of hydrogen-bond acceptors (Lipinski definition) is 6. The number of thioether (sulfide) groups is 1. The summed E-state index contributed by atoms with van der Waals surface area (Å²) >= 11 is 2.70. The van der Waals surface area contributed by atoms with E-state index in [0.29, 0.717) is 28.5 Å². The Labute approximate surface area is 183 Å². The van der Waals surface area contributed by atoms with Crippen molar-refractivity contribution in [3.8, 4) is 0 Å². The lowest BCUT2D eigenvalue weighted by Gasteiger charge is -2.14. The topological polar surface area (TPSA) is 73.2 Å². The minimum Gasteiger partial charge on any atom is -0.376 e. The summed E-state index contributed by atoms with van der Waals surface area (Å²) < 4.78 is 7.87. The molecule has 1 amide bonds. The lowest BCUT2D eigenvalue weighted by molar-refractivity contribution is -0.119. The van der Waals surface area contributed by atoms with Gasteiger partial charge < -0.3 is 10.1 Å². The Kier molecular flexibility index (Phi) is 6.55. The van der Waals surface area contributed by atoms with Crippen LogP contribution in [-0.2, 0) is 16.1 Å². The number of nitrogens with one attached hydrogen (secondary N) is 1. The molecular formula is C22H25N3O3S2. The Morgan fingerprint density at radius 1 is 1.33 bits per heavy atom. The molecule has 0 radical (unpaired) electrons. The van der Waals surface area contributed by atoms with Crippen LogP contribution in [0.3, 0.4) is 0 Å². The van der Waals surface area contributed by atoms with Crippen molar-refractivity contribution >= 4 is 39.2 Å². The number of aryl methyl sites for hydroxylation is 2. The summed E-state index contributed by atoms with van der Waals surface area (Å²) in [5, 5.41) is 5.37. The van der Waals surface area contributed by atoms with Crippen LogP contribution >= 0.6 is 23.1 Å². The maximum absolute atomic E-state index is 13.1. The number of aromatic nitrogens is 2. The molecule has 1 aromatic carbocycles. The van der Waals surface area contributed by atoms with E-state index in [1.807, 2.05) is 17.5 Å². The van der Waals surface area contributed by atoms with Gasteiger partial charge in [0.2, 0.25) is 5.91 Å². The molecule has 8 heteroatoms. The normalized spacial score (nSPS) is 16.3. The van der Waals surface area contributed by atoms with E-state index in [-0.39, 0.29) is 23.3 Å². The number of rotatable bonds is 7. The van der Waals surface area contributed by atoms with Gasteiger partial charge in [0.1, 0.15) is 4.70 Å². The second-order valence-corrected chi connectivity index (χ2v) is 9.43. The van der Waals surface area contributed by atoms with Crippen molar-refractivity contribution in [3.63, 3.8) is 0 Å². The van der Waals surface area contributed by atoms with Crippen LogP contribution in [-0.4, -0.2) is 40.5 Å². The van der Waals surface area contributed by atoms with Crippen molar-refractivity contribution < 1.29 is 9.53 Å². The molecule has 0 bridgehead atoms. The summed E-state index contributed by atoms with van der Waals surface area (Å²) in [7, 11) is 0. The minimum absolute atomic E-state index is 0.0597. The molecule has 3 heterocycles. The average Bonchev–Trinajstić information content (AvgIpc) is 3.42. The van der Waals surface area contributed by atoms with E-state index in [1.54, 1.807) is 4.57 Å². The highest BCUT2D eigenvalue weighted by Gasteiger charge is 2.18. The molecule has 0 saturated carbocycles. The molecule has 1 fully saturated rings. The third kappa shape index (κ3) is 4.77. The molecule has 0 aliphatic carbocycles. The average molecular weight is 444 g/mol. The van der Waals surface area contributed by atoms with Gasteiger partial charge >= 0.3 is 0 Å². The summed E-state index contributed by atoms with van der Waals surface area (Å²) in [6, 6.07) is 8.06. The lowest BCUT2D eigenvalue weighted by Crippen LogP contribution is -2.33. The Morgan fingerprint density at radius 2 is 2.20 bits per heavy atom. The van der Waals surface area contributed by atoms with Gasteiger partial charge in [-0.2, -0.15) is 0 Å². The number of carbonyl (C=O) groups excluding carboxylic acids is 1. The standard InChI is InChI=1S/C22H25N3O3S2/c1-14-5-6-16(10-15(14)2)12-25-21(27)20-18(7-9-29-20)24-22(25)30-13-19(26)23-11-17-4-3-8-28-17/h5-7,9-10,17H,3-4,8,11-13H2,1-2H3,(H,23,26)/t17-/m0/s1. The molecule has 0 unspecified atom stereocenters. The maximum Gasteiger partial charge on any atom is 0.272 e. The molecule has 1 atom stereocenters. The number of thiophene rings is 1. The molecule has 1 N–H and O–H groups in total. The zero-order valence-corrected chi connectivity index (χ0v) is 18.8. The number of benzene rings is 1. The fourth-order valence-electron chi connectivity index (χ4n) is 3.47. The van der Waals surface area contributed by atoms with Gasteiger partial charge in [-0.05, 0) is 54.8 Å².